The number of methoxy groups -OCH3 is 1. The van der Waals surface area contributed by atoms with Gasteiger partial charge in [0.25, 0.3) is 6.43 Å². The lowest BCUT2D eigenvalue weighted by Gasteiger charge is -2.11. The number of aromatic nitrogens is 1. The molecule has 17 heavy (non-hydrogen) atoms. The second-order valence-electron chi connectivity index (χ2n) is 2.97. The molecule has 0 aliphatic carbocycles. The first-order valence-corrected chi connectivity index (χ1v) is 4.74. The molecule has 0 amide bonds. The molecule has 1 N–H and O–H groups in total. The molecule has 1 heterocycles. The van der Waals surface area contributed by atoms with E-state index in [1.807, 2.05) is 0 Å². The minimum Gasteiger partial charge on any atom is -0.503 e. The van der Waals surface area contributed by atoms with E-state index in [0.29, 0.717) is 0 Å². The summed E-state index contributed by atoms with van der Waals surface area (Å²) in [6.07, 6.45) is -2.09. The van der Waals surface area contributed by atoms with E-state index < -0.39 is 35.2 Å². The molecule has 5 nitrogen and oxygen atoms in total. The Bertz CT molecular complexity index is 423. The number of aromatic hydroxyl groups is 1. The van der Waals surface area contributed by atoms with Crippen LogP contribution < -0.4 is 4.74 Å². The highest BCUT2D eigenvalue weighted by Gasteiger charge is 2.24. The van der Waals surface area contributed by atoms with Crippen molar-refractivity contribution in [2.45, 2.75) is 13.3 Å². The van der Waals surface area contributed by atoms with Crippen molar-refractivity contribution >= 4 is 5.97 Å². The van der Waals surface area contributed by atoms with Gasteiger partial charge in [-0.2, -0.15) is 0 Å². The predicted molar refractivity (Wildman–Crippen MR) is 53.4 cm³/mol. The Balaban J connectivity index is 3.24. The van der Waals surface area contributed by atoms with Crippen LogP contribution in [0.2, 0.25) is 0 Å². The minimum absolute atomic E-state index is 0.0822. The predicted octanol–water partition coefficient (Wildman–Crippen LogP) is 1.91. The van der Waals surface area contributed by atoms with Crippen LogP contribution >= 0.6 is 0 Å². The molecule has 1 aromatic rings. The van der Waals surface area contributed by atoms with Crippen molar-refractivity contribution in [2.24, 2.45) is 0 Å². The number of halogens is 2. The van der Waals surface area contributed by atoms with Gasteiger partial charge in [0.05, 0.1) is 19.3 Å². The zero-order valence-corrected chi connectivity index (χ0v) is 9.24. The van der Waals surface area contributed by atoms with E-state index in [1.54, 1.807) is 6.92 Å². The van der Waals surface area contributed by atoms with Gasteiger partial charge in [0, 0.05) is 6.20 Å². The molecule has 0 fully saturated rings. The van der Waals surface area contributed by atoms with Gasteiger partial charge in [0.2, 0.25) is 0 Å². The van der Waals surface area contributed by atoms with Crippen molar-refractivity contribution < 1.29 is 28.2 Å². The first-order valence-electron chi connectivity index (χ1n) is 4.74. The molecule has 94 valence electrons. The largest absolute Gasteiger partial charge is 0.503 e. The molecule has 1 rings (SSSR count). The van der Waals surface area contributed by atoms with Crippen LogP contribution in [0.15, 0.2) is 6.20 Å². The van der Waals surface area contributed by atoms with E-state index in [1.165, 1.54) is 0 Å². The van der Waals surface area contributed by atoms with E-state index in [4.69, 9.17) is 0 Å². The Morgan fingerprint density at radius 3 is 2.71 bits per heavy atom. The molecule has 0 unspecified atom stereocenters. The van der Waals surface area contributed by atoms with Crippen LogP contribution in [0.4, 0.5) is 8.78 Å². The normalized spacial score (nSPS) is 10.4. The first-order chi connectivity index (χ1) is 8.02. The second-order valence-corrected chi connectivity index (χ2v) is 2.97. The van der Waals surface area contributed by atoms with E-state index >= 15 is 0 Å². The maximum atomic E-state index is 12.5. The van der Waals surface area contributed by atoms with Gasteiger partial charge < -0.3 is 14.6 Å². The standard InChI is InChI=1S/C10H11F2NO4/c1-3-17-10(15)6-7(14)8(16-2)5(4-13-6)9(11)12/h4,9,14H,3H2,1-2H3. The molecule has 0 atom stereocenters. The Morgan fingerprint density at radius 2 is 2.24 bits per heavy atom. The Morgan fingerprint density at radius 1 is 1.59 bits per heavy atom. The van der Waals surface area contributed by atoms with Crippen LogP contribution in [0, 0.1) is 0 Å². The molecule has 0 saturated heterocycles. The van der Waals surface area contributed by atoms with Crippen LogP contribution in [0.5, 0.6) is 11.5 Å². The number of carbonyl (C=O) groups excluding carboxylic acids is 1. The maximum absolute atomic E-state index is 12.5. The molecule has 0 bridgehead atoms. The highest BCUT2D eigenvalue weighted by atomic mass is 19.3. The summed E-state index contributed by atoms with van der Waals surface area (Å²) in [6.45, 7) is 1.65. The molecular weight excluding hydrogens is 236 g/mol. The number of carbonyl (C=O) groups is 1. The Hall–Kier alpha value is -1.92. The van der Waals surface area contributed by atoms with Crippen molar-refractivity contribution in [3.8, 4) is 11.5 Å². The third kappa shape index (κ3) is 2.61. The third-order valence-electron chi connectivity index (χ3n) is 1.94. The lowest BCUT2D eigenvalue weighted by atomic mass is 10.2. The number of hydrogen-bond donors (Lipinski definition) is 1. The van der Waals surface area contributed by atoms with E-state index in [0.717, 1.165) is 13.3 Å². The average Bonchev–Trinajstić information content (AvgIpc) is 2.28. The lowest BCUT2D eigenvalue weighted by Crippen LogP contribution is -2.09. The molecule has 0 aliphatic heterocycles. The summed E-state index contributed by atoms with van der Waals surface area (Å²) in [6, 6.07) is 0. The molecule has 7 heteroatoms. The highest BCUT2D eigenvalue weighted by Crippen LogP contribution is 2.37. The van der Waals surface area contributed by atoms with Crippen molar-refractivity contribution in [3.05, 3.63) is 17.5 Å². The fourth-order valence-electron chi connectivity index (χ4n) is 1.22. The number of rotatable bonds is 4. The van der Waals surface area contributed by atoms with Gasteiger partial charge >= 0.3 is 5.97 Å². The van der Waals surface area contributed by atoms with Crippen LogP contribution in [0.3, 0.4) is 0 Å². The van der Waals surface area contributed by atoms with Crippen LogP contribution in [-0.4, -0.2) is 29.8 Å². The van der Waals surface area contributed by atoms with Gasteiger partial charge in [-0.1, -0.05) is 0 Å². The summed E-state index contributed by atoms with van der Waals surface area (Å²) in [5.41, 5.74) is -1.04. The maximum Gasteiger partial charge on any atom is 0.360 e. The van der Waals surface area contributed by atoms with Crippen molar-refractivity contribution in [1.82, 2.24) is 4.98 Å². The Kier molecular flexibility index (Phi) is 4.19. The van der Waals surface area contributed by atoms with Gasteiger partial charge in [0.1, 0.15) is 0 Å². The number of pyridine rings is 1. The lowest BCUT2D eigenvalue weighted by molar-refractivity contribution is 0.0514. The molecule has 0 aliphatic rings. The van der Waals surface area contributed by atoms with Crippen LogP contribution in [0.1, 0.15) is 29.4 Å². The smallest absolute Gasteiger partial charge is 0.360 e. The van der Waals surface area contributed by atoms with Crippen LogP contribution in [0.25, 0.3) is 0 Å². The number of ether oxygens (including phenoxy) is 2. The van der Waals surface area contributed by atoms with E-state index in [-0.39, 0.29) is 6.61 Å². The fraction of sp³-hybridized carbons (Fsp3) is 0.400. The van der Waals surface area contributed by atoms with Gasteiger partial charge in [-0.3, -0.25) is 0 Å². The van der Waals surface area contributed by atoms with Gasteiger partial charge in [0.15, 0.2) is 17.2 Å². The molecule has 0 spiro atoms. The number of nitrogens with zero attached hydrogens (tertiary/aromatic N) is 1. The summed E-state index contributed by atoms with van der Waals surface area (Å²) in [5.74, 6) is -2.12. The summed E-state index contributed by atoms with van der Waals surface area (Å²) in [4.78, 5) is 14.8. The van der Waals surface area contributed by atoms with Crippen LogP contribution in [-0.2, 0) is 4.74 Å². The summed E-state index contributed by atoms with van der Waals surface area (Å²) >= 11 is 0. The van der Waals surface area contributed by atoms with Crippen molar-refractivity contribution in [3.63, 3.8) is 0 Å². The number of hydrogen-bond acceptors (Lipinski definition) is 5. The van der Waals surface area contributed by atoms with Gasteiger partial charge in [-0.05, 0) is 6.92 Å². The zero-order valence-electron chi connectivity index (χ0n) is 9.24. The number of alkyl halides is 2. The SMILES string of the molecule is CCOC(=O)c1ncc(C(F)F)c(OC)c1O. The first kappa shape index (κ1) is 13.1. The summed E-state index contributed by atoms with van der Waals surface area (Å²) < 4.78 is 34.3. The zero-order chi connectivity index (χ0) is 13.0. The quantitative estimate of drug-likeness (QED) is 0.823. The monoisotopic (exact) mass is 247 g/mol. The number of esters is 1. The Labute approximate surface area is 96.0 Å². The summed E-state index contributed by atoms with van der Waals surface area (Å²) in [7, 11) is 1.11. The fourth-order valence-corrected chi connectivity index (χ4v) is 1.22. The topological polar surface area (TPSA) is 68.7 Å². The molecule has 1 aromatic heterocycles. The molecule has 0 radical (unpaired) electrons. The van der Waals surface area contributed by atoms with Gasteiger partial charge in [-0.15, -0.1) is 0 Å². The average molecular weight is 247 g/mol. The second kappa shape index (κ2) is 5.42. The molecule has 0 aromatic carbocycles. The van der Waals surface area contributed by atoms with Gasteiger partial charge in [-0.25, -0.2) is 18.6 Å². The minimum atomic E-state index is -2.86. The summed E-state index contributed by atoms with van der Waals surface area (Å²) in [5, 5.41) is 9.59. The molecular formula is C10H11F2NO4. The van der Waals surface area contributed by atoms with Crippen molar-refractivity contribution in [1.29, 1.82) is 0 Å². The highest BCUT2D eigenvalue weighted by molar-refractivity contribution is 5.91. The third-order valence-corrected chi connectivity index (χ3v) is 1.94. The van der Waals surface area contributed by atoms with E-state index in [2.05, 4.69) is 14.5 Å². The van der Waals surface area contributed by atoms with E-state index in [9.17, 15) is 18.7 Å². The molecule has 0 saturated carbocycles. The van der Waals surface area contributed by atoms with Crippen molar-refractivity contribution in [2.75, 3.05) is 13.7 Å².